The van der Waals surface area contributed by atoms with Crippen molar-refractivity contribution >= 4 is 11.9 Å². The van der Waals surface area contributed by atoms with Crippen molar-refractivity contribution in [1.82, 2.24) is 0 Å². The van der Waals surface area contributed by atoms with Crippen LogP contribution < -0.4 is 0 Å². The van der Waals surface area contributed by atoms with Gasteiger partial charge in [-0.15, -0.1) is 5.73 Å². The molecule has 0 bridgehead atoms. The van der Waals surface area contributed by atoms with Crippen LogP contribution in [0.25, 0.3) is 0 Å². The minimum absolute atomic E-state index is 0.263. The first kappa shape index (κ1) is 24.7. The van der Waals surface area contributed by atoms with E-state index in [1.165, 1.54) is 13.8 Å². The lowest BCUT2D eigenvalue weighted by Gasteiger charge is -2.44. The zero-order valence-corrected chi connectivity index (χ0v) is 18.7. The lowest BCUT2D eigenvalue weighted by atomic mass is 9.65. The Kier molecular flexibility index (Phi) is 8.87. The zero-order valence-electron chi connectivity index (χ0n) is 18.7. The van der Waals surface area contributed by atoms with Crippen LogP contribution in [0, 0.1) is 5.41 Å². The molecule has 0 heterocycles. The van der Waals surface area contributed by atoms with Crippen LogP contribution in [-0.4, -0.2) is 35.4 Å². The van der Waals surface area contributed by atoms with Crippen LogP contribution in [0.5, 0.6) is 0 Å². The largest absolute Gasteiger partial charge is 0.462 e. The summed E-state index contributed by atoms with van der Waals surface area (Å²) in [5.41, 5.74) is 4.63. The SMILES string of the molecule is CC(=O)OC/C=C(C)/C=C/C=C(\C)C=C=C1C(C)(C)C[C@H](OC(C)=O)C[C@@]1(C)O. The number of allylic oxidation sites excluding steroid dienone is 5. The summed E-state index contributed by atoms with van der Waals surface area (Å²) in [5.74, 6) is -0.625. The molecular weight excluding hydrogens is 368 g/mol. The maximum absolute atomic E-state index is 11.3. The molecule has 1 saturated carbocycles. The van der Waals surface area contributed by atoms with E-state index in [9.17, 15) is 14.7 Å². The van der Waals surface area contributed by atoms with E-state index in [1.807, 2.05) is 58.1 Å². The summed E-state index contributed by atoms with van der Waals surface area (Å²) >= 11 is 0. The molecule has 1 aliphatic carbocycles. The Hall–Kier alpha value is -2.36. The van der Waals surface area contributed by atoms with E-state index < -0.39 is 5.60 Å². The van der Waals surface area contributed by atoms with Crippen LogP contribution in [0.15, 0.2) is 52.8 Å². The second kappa shape index (κ2) is 10.4. The van der Waals surface area contributed by atoms with E-state index >= 15 is 0 Å². The van der Waals surface area contributed by atoms with Crippen LogP contribution in [-0.2, 0) is 19.1 Å². The fourth-order valence-electron chi connectivity index (χ4n) is 3.63. The third-order valence-electron chi connectivity index (χ3n) is 4.77. The molecule has 160 valence electrons. The van der Waals surface area contributed by atoms with Crippen molar-refractivity contribution in [2.45, 2.75) is 73.0 Å². The molecule has 1 aliphatic rings. The number of aliphatic hydroxyl groups is 1. The van der Waals surface area contributed by atoms with Gasteiger partial charge in [-0.3, -0.25) is 9.59 Å². The van der Waals surface area contributed by atoms with E-state index in [1.54, 1.807) is 6.92 Å². The minimum Gasteiger partial charge on any atom is -0.462 e. The first-order valence-electron chi connectivity index (χ1n) is 9.86. The number of hydrogen-bond acceptors (Lipinski definition) is 5. The maximum atomic E-state index is 11.3. The molecule has 1 rings (SSSR count). The average Bonchev–Trinajstić information content (AvgIpc) is 2.51. The molecule has 0 saturated heterocycles. The Morgan fingerprint density at radius 1 is 1.10 bits per heavy atom. The fourth-order valence-corrected chi connectivity index (χ4v) is 3.63. The first-order chi connectivity index (χ1) is 13.3. The number of esters is 2. The van der Waals surface area contributed by atoms with Gasteiger partial charge in [-0.2, -0.15) is 0 Å². The number of rotatable bonds is 6. The normalized spacial score (nSPS) is 24.8. The standard InChI is InChI=1S/C24H34O5/c1-17(9-8-10-18(2)13-14-28-19(3)25)11-12-22-23(5,6)15-21(29-20(4)26)16-24(22,7)27/h8-11,13,21,27H,14-16H2,1-7H3/b10-8+,17-9+,18-13+/t12?,21-,24+/m0/s1. The first-order valence-corrected chi connectivity index (χ1v) is 9.86. The van der Waals surface area contributed by atoms with E-state index in [0.29, 0.717) is 12.8 Å². The van der Waals surface area contributed by atoms with Crippen LogP contribution >= 0.6 is 0 Å². The molecule has 29 heavy (non-hydrogen) atoms. The lowest BCUT2D eigenvalue weighted by Crippen LogP contribution is -2.46. The van der Waals surface area contributed by atoms with Gasteiger partial charge in [0.05, 0.1) is 5.60 Å². The molecule has 0 aromatic rings. The monoisotopic (exact) mass is 402 g/mol. The van der Waals surface area contributed by atoms with E-state index in [0.717, 1.165) is 16.7 Å². The number of hydrogen-bond donors (Lipinski definition) is 1. The highest BCUT2D eigenvalue weighted by atomic mass is 16.5. The van der Waals surface area contributed by atoms with Gasteiger partial charge < -0.3 is 14.6 Å². The van der Waals surface area contributed by atoms with Crippen LogP contribution in [0.1, 0.15) is 61.3 Å². The predicted octanol–water partition coefficient (Wildman–Crippen LogP) is 4.58. The third-order valence-corrected chi connectivity index (χ3v) is 4.77. The highest BCUT2D eigenvalue weighted by molar-refractivity contribution is 5.66. The van der Waals surface area contributed by atoms with Gasteiger partial charge in [0.2, 0.25) is 0 Å². The molecule has 5 heteroatoms. The van der Waals surface area contributed by atoms with Gasteiger partial charge in [0.1, 0.15) is 12.7 Å². The van der Waals surface area contributed by atoms with Crippen molar-refractivity contribution in [3.05, 3.63) is 52.8 Å². The highest BCUT2D eigenvalue weighted by Gasteiger charge is 2.46. The van der Waals surface area contributed by atoms with Crippen molar-refractivity contribution in [1.29, 1.82) is 0 Å². The van der Waals surface area contributed by atoms with Crippen LogP contribution in [0.3, 0.4) is 0 Å². The second-order valence-electron chi connectivity index (χ2n) is 8.48. The summed E-state index contributed by atoms with van der Waals surface area (Å²) in [6.45, 7) is 12.7. The molecule has 0 radical (unpaired) electrons. The topological polar surface area (TPSA) is 72.8 Å². The van der Waals surface area contributed by atoms with Gasteiger partial charge in [0.15, 0.2) is 0 Å². The van der Waals surface area contributed by atoms with E-state index in [-0.39, 0.29) is 30.1 Å². The zero-order chi connectivity index (χ0) is 22.2. The van der Waals surface area contributed by atoms with Gasteiger partial charge in [-0.25, -0.2) is 0 Å². The Balaban J connectivity index is 2.94. The van der Waals surface area contributed by atoms with E-state index in [2.05, 4.69) is 5.73 Å². The fraction of sp³-hybridized carbons (Fsp3) is 0.542. The molecule has 0 amide bonds. The highest BCUT2D eigenvalue weighted by Crippen LogP contribution is 2.46. The minimum atomic E-state index is -1.09. The lowest BCUT2D eigenvalue weighted by molar-refractivity contribution is -0.152. The van der Waals surface area contributed by atoms with Crippen molar-refractivity contribution in [3.8, 4) is 0 Å². The number of carbonyl (C=O) groups excluding carboxylic acids is 2. The van der Waals surface area contributed by atoms with Gasteiger partial charge >= 0.3 is 11.9 Å². The Morgan fingerprint density at radius 3 is 2.31 bits per heavy atom. The van der Waals surface area contributed by atoms with Gasteiger partial charge in [-0.1, -0.05) is 37.6 Å². The summed E-state index contributed by atoms with van der Waals surface area (Å²) in [4.78, 5) is 22.1. The molecule has 5 nitrogen and oxygen atoms in total. The molecule has 0 spiro atoms. The number of ether oxygens (including phenoxy) is 2. The van der Waals surface area contributed by atoms with Crippen molar-refractivity contribution < 1.29 is 24.2 Å². The molecular formula is C24H34O5. The summed E-state index contributed by atoms with van der Waals surface area (Å²) < 4.78 is 10.2. The number of carbonyl (C=O) groups is 2. The summed E-state index contributed by atoms with van der Waals surface area (Å²) in [5, 5.41) is 10.9. The molecule has 1 N–H and O–H groups in total. The maximum Gasteiger partial charge on any atom is 0.302 e. The smallest absolute Gasteiger partial charge is 0.302 e. The predicted molar refractivity (Wildman–Crippen MR) is 114 cm³/mol. The molecule has 0 aromatic heterocycles. The van der Waals surface area contributed by atoms with Crippen LogP contribution in [0.4, 0.5) is 0 Å². The third kappa shape index (κ3) is 8.68. The Morgan fingerprint density at radius 2 is 1.76 bits per heavy atom. The van der Waals surface area contributed by atoms with Crippen molar-refractivity contribution in [2.75, 3.05) is 6.61 Å². The molecule has 0 aromatic carbocycles. The Labute approximate surface area is 174 Å². The summed E-state index contributed by atoms with van der Waals surface area (Å²) in [7, 11) is 0. The van der Waals surface area contributed by atoms with Crippen molar-refractivity contribution in [2.24, 2.45) is 5.41 Å². The van der Waals surface area contributed by atoms with Gasteiger partial charge in [0.25, 0.3) is 0 Å². The van der Waals surface area contributed by atoms with Crippen molar-refractivity contribution in [3.63, 3.8) is 0 Å². The molecule has 0 unspecified atom stereocenters. The molecule has 2 atom stereocenters. The Bertz CT molecular complexity index is 751. The van der Waals surface area contributed by atoms with Gasteiger partial charge in [0, 0.05) is 25.8 Å². The van der Waals surface area contributed by atoms with Gasteiger partial charge in [-0.05, 0) is 50.3 Å². The quantitative estimate of drug-likeness (QED) is 0.400. The van der Waals surface area contributed by atoms with Crippen LogP contribution in [0.2, 0.25) is 0 Å². The summed E-state index contributed by atoms with van der Waals surface area (Å²) in [6, 6.07) is 0. The molecule has 1 fully saturated rings. The molecule has 0 aliphatic heterocycles. The van der Waals surface area contributed by atoms with E-state index in [4.69, 9.17) is 9.47 Å². The summed E-state index contributed by atoms with van der Waals surface area (Å²) in [6.07, 6.45) is 10.2. The second-order valence-corrected chi connectivity index (χ2v) is 8.48. The average molecular weight is 403 g/mol.